The first-order valence-corrected chi connectivity index (χ1v) is 14.1. The van der Waals surface area contributed by atoms with Crippen molar-refractivity contribution in [3.8, 4) is 0 Å². The predicted octanol–water partition coefficient (Wildman–Crippen LogP) is -1.40. The molecular weight excluding hydrogens is 384 g/mol. The number of hydrogen-bond donors (Lipinski definition) is 0. The third-order valence-corrected chi connectivity index (χ3v) is 11.7. The van der Waals surface area contributed by atoms with Crippen LogP contribution in [0, 0.1) is 5.92 Å². The third-order valence-electron chi connectivity index (χ3n) is 3.85. The Morgan fingerprint density at radius 1 is 1.00 bits per heavy atom. The van der Waals surface area contributed by atoms with Crippen molar-refractivity contribution < 1.29 is 47.0 Å². The molecule has 0 heterocycles. The largest absolute Gasteiger partial charge is 1.00 e. The topological polar surface area (TPSA) is 3.24 Å². The van der Waals surface area contributed by atoms with E-state index in [-0.39, 0.29) is 30.2 Å². The van der Waals surface area contributed by atoms with Gasteiger partial charge in [-0.1, -0.05) is 0 Å². The smallest absolute Gasteiger partial charge is 1.00 e. The molecule has 1 rings (SSSR count). The summed E-state index contributed by atoms with van der Waals surface area (Å²) in [4.78, 5) is 0. The molecule has 0 aromatic rings. The molecule has 5 heteroatoms. The van der Waals surface area contributed by atoms with E-state index < -0.39 is 22.1 Å². The van der Waals surface area contributed by atoms with Gasteiger partial charge in [0, 0.05) is 0 Å². The Hall–Kier alpha value is 0.960. The second-order valence-corrected chi connectivity index (χ2v) is 19.0. The van der Waals surface area contributed by atoms with E-state index in [1.807, 2.05) is 0 Å². The molecule has 1 unspecified atom stereocenters. The van der Waals surface area contributed by atoms with Gasteiger partial charge in [0.15, 0.2) is 0 Å². The van der Waals surface area contributed by atoms with Crippen LogP contribution in [0.25, 0.3) is 0 Å². The first kappa shape index (κ1) is 23.2. The molecule has 0 fully saturated rings. The Balaban J connectivity index is 0. The zero-order valence-electron chi connectivity index (χ0n) is 14.3. The molecule has 0 spiro atoms. The molecule has 0 aromatic carbocycles. The van der Waals surface area contributed by atoms with Gasteiger partial charge < -0.3 is 24.8 Å². The maximum absolute atomic E-state index is 2.84. The summed E-state index contributed by atoms with van der Waals surface area (Å²) >= 11 is -0.439. The van der Waals surface area contributed by atoms with Crippen LogP contribution in [0.15, 0.2) is 22.4 Å². The van der Waals surface area contributed by atoms with Gasteiger partial charge in [-0.2, -0.15) is 0 Å². The fourth-order valence-electron chi connectivity index (χ4n) is 2.52. The SMILES string of the molecule is CC1=C(C)C(C)C([N]([Zr+2]=[Si](C)C)C(C)(C)C)=C1C.[Cl-].[Cl-]. The molecule has 115 valence electrons. The fraction of sp³-hybridized carbons (Fsp3) is 0.733. The summed E-state index contributed by atoms with van der Waals surface area (Å²) in [5, 5.41) is 0. The normalized spacial score (nSPS) is 18.4. The minimum atomic E-state index is -0.439. The Morgan fingerprint density at radius 2 is 1.45 bits per heavy atom. The molecule has 1 atom stereocenters. The van der Waals surface area contributed by atoms with Gasteiger partial charge in [-0.15, -0.1) is 0 Å². The van der Waals surface area contributed by atoms with Crippen molar-refractivity contribution in [1.29, 1.82) is 0 Å². The maximum Gasteiger partial charge on any atom is -1.00 e. The van der Waals surface area contributed by atoms with Crippen LogP contribution >= 0.6 is 0 Å². The molecule has 0 aromatic heterocycles. The average molecular weight is 413 g/mol. The summed E-state index contributed by atoms with van der Waals surface area (Å²) in [6.07, 6.45) is 0. The van der Waals surface area contributed by atoms with Crippen molar-refractivity contribution in [2.75, 3.05) is 0 Å². The molecule has 0 saturated carbocycles. The molecule has 0 bridgehead atoms. The van der Waals surface area contributed by atoms with Crippen LogP contribution in [0.4, 0.5) is 0 Å². The van der Waals surface area contributed by atoms with Crippen LogP contribution in [0.1, 0.15) is 48.5 Å². The Labute approximate surface area is 150 Å². The number of allylic oxidation sites excluding steroid dienone is 3. The quantitative estimate of drug-likeness (QED) is 0.505. The van der Waals surface area contributed by atoms with Crippen LogP contribution in [0.2, 0.25) is 13.1 Å². The van der Waals surface area contributed by atoms with Gasteiger partial charge in [-0.05, 0) is 0 Å². The number of hydrogen-bond acceptors (Lipinski definition) is 1. The molecule has 1 aliphatic rings. The molecular formula is C15H28Cl2NSiZr. The van der Waals surface area contributed by atoms with E-state index in [4.69, 9.17) is 0 Å². The van der Waals surface area contributed by atoms with E-state index in [2.05, 4.69) is 64.4 Å². The van der Waals surface area contributed by atoms with Crippen LogP contribution < -0.4 is 24.8 Å². The number of halogens is 2. The summed E-state index contributed by atoms with van der Waals surface area (Å²) in [5.74, 6) is 0.631. The van der Waals surface area contributed by atoms with Gasteiger partial charge in [-0.3, -0.25) is 0 Å². The van der Waals surface area contributed by atoms with Crippen LogP contribution in [0.3, 0.4) is 0 Å². The van der Waals surface area contributed by atoms with Crippen molar-refractivity contribution in [3.63, 3.8) is 0 Å². The number of nitrogens with zero attached hydrogens (tertiary/aromatic N) is 1. The van der Waals surface area contributed by atoms with Gasteiger partial charge in [0.05, 0.1) is 0 Å². The molecule has 1 nitrogen and oxygen atoms in total. The zero-order chi connectivity index (χ0) is 14.2. The first-order chi connectivity index (χ1) is 8.07. The summed E-state index contributed by atoms with van der Waals surface area (Å²) in [7, 11) is 0. The van der Waals surface area contributed by atoms with Gasteiger partial charge in [-0.25, -0.2) is 0 Å². The van der Waals surface area contributed by atoms with Gasteiger partial charge >= 0.3 is 126 Å². The standard InChI is InChI=1S/C13H22N.C2H6Si.2ClH.Zr/c1-8-9(2)11(4)12(10(8)3)14-13(5,6)7;1-3-2;;;/h10H,1-7H3;1-2H3;2*1H;/q-1;;;;+3/p-2. The van der Waals surface area contributed by atoms with E-state index in [1.54, 1.807) is 16.8 Å². The second kappa shape index (κ2) is 8.56. The van der Waals surface area contributed by atoms with Gasteiger partial charge in [0.2, 0.25) is 0 Å². The average Bonchev–Trinajstić information content (AvgIpc) is 2.39. The van der Waals surface area contributed by atoms with E-state index in [0.29, 0.717) is 11.5 Å². The van der Waals surface area contributed by atoms with Crippen LogP contribution in [0.5, 0.6) is 0 Å². The Kier molecular flexibility index (Phi) is 9.94. The number of rotatable bonds is 2. The third kappa shape index (κ3) is 5.00. The summed E-state index contributed by atoms with van der Waals surface area (Å²) in [6, 6.07) is 0. The summed E-state index contributed by atoms with van der Waals surface area (Å²) in [5.41, 5.74) is 6.52. The molecule has 1 aliphatic carbocycles. The minimum absolute atomic E-state index is 0. The van der Waals surface area contributed by atoms with E-state index in [1.165, 1.54) is 5.57 Å². The Morgan fingerprint density at radius 3 is 1.70 bits per heavy atom. The van der Waals surface area contributed by atoms with E-state index >= 15 is 0 Å². The molecule has 0 N–H and O–H groups in total. The molecule has 20 heavy (non-hydrogen) atoms. The minimum Gasteiger partial charge on any atom is -1.00 e. The van der Waals surface area contributed by atoms with Crippen LogP contribution in [-0.4, -0.2) is 13.8 Å². The van der Waals surface area contributed by atoms with Crippen LogP contribution in [-0.2, 0) is 22.1 Å². The van der Waals surface area contributed by atoms with Crippen molar-refractivity contribution >= 4 is 5.43 Å². The molecule has 0 saturated heterocycles. The van der Waals surface area contributed by atoms with Crippen molar-refractivity contribution in [3.05, 3.63) is 22.4 Å². The van der Waals surface area contributed by atoms with Crippen molar-refractivity contribution in [1.82, 2.24) is 2.84 Å². The Bertz CT molecular complexity index is 443. The first-order valence-electron chi connectivity index (χ1n) is 6.83. The monoisotopic (exact) mass is 410 g/mol. The predicted molar refractivity (Wildman–Crippen MR) is 79.3 cm³/mol. The zero-order valence-corrected chi connectivity index (χ0v) is 19.3. The van der Waals surface area contributed by atoms with E-state index in [9.17, 15) is 0 Å². The van der Waals surface area contributed by atoms with Crippen molar-refractivity contribution in [2.45, 2.75) is 67.1 Å². The van der Waals surface area contributed by atoms with Gasteiger partial charge in [0.1, 0.15) is 0 Å². The fourth-order valence-corrected chi connectivity index (χ4v) is 11.0. The molecule has 0 aliphatic heterocycles. The summed E-state index contributed by atoms with van der Waals surface area (Å²) in [6.45, 7) is 21.4. The van der Waals surface area contributed by atoms with Gasteiger partial charge in [0.25, 0.3) is 0 Å². The van der Waals surface area contributed by atoms with E-state index in [0.717, 1.165) is 0 Å². The molecule has 0 amide bonds. The van der Waals surface area contributed by atoms with Crippen molar-refractivity contribution in [2.24, 2.45) is 5.92 Å². The summed E-state index contributed by atoms with van der Waals surface area (Å²) < 4.78 is 2.84. The molecule has 0 radical (unpaired) electrons. The maximum atomic E-state index is 2.84. The second-order valence-electron chi connectivity index (χ2n) is 6.66.